The molecule has 0 aromatic carbocycles. The SMILES string of the molecule is COC(=O)c1c(C(C)C#N)c(C)n(C)c1C. The van der Waals surface area contributed by atoms with E-state index in [9.17, 15) is 4.79 Å². The largest absolute Gasteiger partial charge is 0.465 e. The van der Waals surface area contributed by atoms with E-state index in [0.717, 1.165) is 17.0 Å². The number of hydrogen-bond acceptors (Lipinski definition) is 3. The van der Waals surface area contributed by atoms with Crippen LogP contribution in [0.5, 0.6) is 0 Å². The number of nitrogens with zero attached hydrogens (tertiary/aromatic N) is 2. The zero-order chi connectivity index (χ0) is 12.5. The fourth-order valence-electron chi connectivity index (χ4n) is 1.93. The van der Waals surface area contributed by atoms with Gasteiger partial charge in [-0.25, -0.2) is 4.79 Å². The monoisotopic (exact) mass is 220 g/mol. The quantitative estimate of drug-likeness (QED) is 0.717. The van der Waals surface area contributed by atoms with Crippen molar-refractivity contribution in [3.05, 3.63) is 22.5 Å². The van der Waals surface area contributed by atoms with E-state index in [1.165, 1.54) is 7.11 Å². The van der Waals surface area contributed by atoms with Gasteiger partial charge in [-0.3, -0.25) is 0 Å². The van der Waals surface area contributed by atoms with Crippen molar-refractivity contribution in [3.8, 4) is 6.07 Å². The van der Waals surface area contributed by atoms with Crippen molar-refractivity contribution in [1.29, 1.82) is 5.26 Å². The molecule has 1 atom stereocenters. The average molecular weight is 220 g/mol. The standard InChI is InChI=1S/C12H16N2O2/c1-7(6-13)10-8(2)14(4)9(3)11(10)12(15)16-5/h7H,1-5H3. The number of aromatic nitrogens is 1. The van der Waals surface area contributed by atoms with Gasteiger partial charge >= 0.3 is 5.97 Å². The first-order chi connectivity index (χ1) is 7.45. The Morgan fingerprint density at radius 1 is 1.44 bits per heavy atom. The zero-order valence-electron chi connectivity index (χ0n) is 10.3. The Hall–Kier alpha value is -1.76. The van der Waals surface area contributed by atoms with Gasteiger partial charge < -0.3 is 9.30 Å². The van der Waals surface area contributed by atoms with Gasteiger partial charge in [0.15, 0.2) is 0 Å². The molecule has 0 aliphatic carbocycles. The molecular formula is C12H16N2O2. The molecule has 1 aromatic heterocycles. The summed E-state index contributed by atoms with van der Waals surface area (Å²) in [5, 5.41) is 8.98. The van der Waals surface area contributed by atoms with Gasteiger partial charge in [0, 0.05) is 24.0 Å². The normalized spacial score (nSPS) is 12.0. The van der Waals surface area contributed by atoms with E-state index >= 15 is 0 Å². The minimum atomic E-state index is -0.377. The summed E-state index contributed by atoms with van der Waals surface area (Å²) in [6, 6.07) is 2.16. The molecule has 0 saturated heterocycles. The van der Waals surface area contributed by atoms with Gasteiger partial charge in [-0.05, 0) is 20.8 Å². The average Bonchev–Trinajstić information content (AvgIpc) is 2.51. The van der Waals surface area contributed by atoms with Gasteiger partial charge in [0.1, 0.15) is 0 Å². The maximum absolute atomic E-state index is 11.7. The molecule has 0 fully saturated rings. The van der Waals surface area contributed by atoms with Gasteiger partial charge in [-0.1, -0.05) is 0 Å². The highest BCUT2D eigenvalue weighted by Gasteiger charge is 2.25. The summed E-state index contributed by atoms with van der Waals surface area (Å²) in [7, 11) is 3.23. The second kappa shape index (κ2) is 4.40. The lowest BCUT2D eigenvalue weighted by molar-refractivity contribution is 0.0598. The molecule has 0 bridgehead atoms. The number of rotatable bonds is 2. The Bertz CT molecular complexity index is 466. The first-order valence-electron chi connectivity index (χ1n) is 5.09. The molecule has 0 spiro atoms. The second-order valence-corrected chi connectivity index (χ2v) is 3.86. The molecule has 86 valence electrons. The lowest BCUT2D eigenvalue weighted by Gasteiger charge is -2.05. The Labute approximate surface area is 95.4 Å². The van der Waals surface area contributed by atoms with Crippen LogP contribution in [0, 0.1) is 25.2 Å². The van der Waals surface area contributed by atoms with Crippen molar-refractivity contribution in [2.75, 3.05) is 7.11 Å². The Kier molecular flexibility index (Phi) is 3.38. The van der Waals surface area contributed by atoms with E-state index in [2.05, 4.69) is 6.07 Å². The second-order valence-electron chi connectivity index (χ2n) is 3.86. The van der Waals surface area contributed by atoms with Crippen LogP contribution < -0.4 is 0 Å². The number of carbonyl (C=O) groups is 1. The van der Waals surface area contributed by atoms with Crippen molar-refractivity contribution < 1.29 is 9.53 Å². The van der Waals surface area contributed by atoms with Gasteiger partial charge in [-0.15, -0.1) is 0 Å². The summed E-state index contributed by atoms with van der Waals surface area (Å²) in [6.45, 7) is 5.55. The van der Waals surface area contributed by atoms with Crippen LogP contribution in [0.4, 0.5) is 0 Å². The van der Waals surface area contributed by atoms with Crippen LogP contribution in [-0.4, -0.2) is 17.6 Å². The van der Waals surface area contributed by atoms with E-state index < -0.39 is 0 Å². The molecule has 4 heteroatoms. The van der Waals surface area contributed by atoms with Gasteiger partial charge in [0.2, 0.25) is 0 Å². The Morgan fingerprint density at radius 3 is 2.44 bits per heavy atom. The van der Waals surface area contributed by atoms with E-state index in [4.69, 9.17) is 10.00 Å². The highest BCUT2D eigenvalue weighted by molar-refractivity contribution is 5.93. The Balaban J connectivity index is 3.52. The van der Waals surface area contributed by atoms with Crippen LogP contribution >= 0.6 is 0 Å². The minimum absolute atomic E-state index is 0.311. The van der Waals surface area contributed by atoms with Crippen molar-refractivity contribution >= 4 is 5.97 Å². The molecular weight excluding hydrogens is 204 g/mol. The maximum atomic E-state index is 11.7. The molecule has 0 aliphatic heterocycles. The van der Waals surface area contributed by atoms with E-state index in [1.54, 1.807) is 6.92 Å². The zero-order valence-corrected chi connectivity index (χ0v) is 10.3. The highest BCUT2D eigenvalue weighted by atomic mass is 16.5. The number of carbonyl (C=O) groups excluding carboxylic acids is 1. The van der Waals surface area contributed by atoms with E-state index in [1.807, 2.05) is 25.5 Å². The number of methoxy groups -OCH3 is 1. The summed E-state index contributed by atoms with van der Waals surface area (Å²) >= 11 is 0. The van der Waals surface area contributed by atoms with Crippen molar-refractivity contribution in [1.82, 2.24) is 4.57 Å². The molecule has 1 heterocycles. The van der Waals surface area contributed by atoms with Crippen LogP contribution in [0.3, 0.4) is 0 Å². The van der Waals surface area contributed by atoms with Gasteiger partial charge in [0.05, 0.1) is 24.7 Å². The van der Waals surface area contributed by atoms with E-state index in [0.29, 0.717) is 5.56 Å². The smallest absolute Gasteiger partial charge is 0.340 e. The van der Waals surface area contributed by atoms with Crippen LogP contribution in [0.25, 0.3) is 0 Å². The number of hydrogen-bond donors (Lipinski definition) is 0. The lowest BCUT2D eigenvalue weighted by Crippen LogP contribution is -2.07. The Morgan fingerprint density at radius 2 is 2.00 bits per heavy atom. The van der Waals surface area contributed by atoms with Crippen molar-refractivity contribution in [3.63, 3.8) is 0 Å². The fourth-order valence-corrected chi connectivity index (χ4v) is 1.93. The predicted molar refractivity (Wildman–Crippen MR) is 60.3 cm³/mol. The molecule has 1 aromatic rings. The number of ether oxygens (including phenoxy) is 1. The lowest BCUT2D eigenvalue weighted by atomic mass is 9.97. The third kappa shape index (κ3) is 1.69. The summed E-state index contributed by atoms with van der Waals surface area (Å²) in [5.41, 5.74) is 3.07. The van der Waals surface area contributed by atoms with Crippen LogP contribution in [-0.2, 0) is 11.8 Å². The molecule has 1 rings (SSSR count). The molecule has 0 N–H and O–H groups in total. The fraction of sp³-hybridized carbons (Fsp3) is 0.500. The molecule has 4 nitrogen and oxygen atoms in total. The third-order valence-corrected chi connectivity index (χ3v) is 3.04. The van der Waals surface area contributed by atoms with Crippen LogP contribution in [0.15, 0.2) is 0 Å². The number of nitriles is 1. The molecule has 0 radical (unpaired) electrons. The van der Waals surface area contributed by atoms with Crippen molar-refractivity contribution in [2.45, 2.75) is 26.7 Å². The molecule has 0 amide bonds. The number of esters is 1. The topological polar surface area (TPSA) is 55.0 Å². The highest BCUT2D eigenvalue weighted by Crippen LogP contribution is 2.28. The van der Waals surface area contributed by atoms with E-state index in [-0.39, 0.29) is 11.9 Å². The molecule has 0 aliphatic rings. The van der Waals surface area contributed by atoms with Crippen LogP contribution in [0.2, 0.25) is 0 Å². The van der Waals surface area contributed by atoms with Crippen molar-refractivity contribution in [2.24, 2.45) is 7.05 Å². The van der Waals surface area contributed by atoms with Gasteiger partial charge in [0.25, 0.3) is 0 Å². The maximum Gasteiger partial charge on any atom is 0.340 e. The molecule has 16 heavy (non-hydrogen) atoms. The summed E-state index contributed by atoms with van der Waals surface area (Å²) < 4.78 is 6.67. The minimum Gasteiger partial charge on any atom is -0.465 e. The molecule has 0 saturated carbocycles. The molecule has 1 unspecified atom stereocenters. The first-order valence-corrected chi connectivity index (χ1v) is 5.09. The summed E-state index contributed by atoms with van der Waals surface area (Å²) in [4.78, 5) is 11.7. The summed E-state index contributed by atoms with van der Waals surface area (Å²) in [6.07, 6.45) is 0. The first kappa shape index (κ1) is 12.3. The van der Waals surface area contributed by atoms with Crippen LogP contribution in [0.1, 0.15) is 40.2 Å². The summed E-state index contributed by atoms with van der Waals surface area (Å²) in [5.74, 6) is -0.688. The third-order valence-electron chi connectivity index (χ3n) is 3.04. The van der Waals surface area contributed by atoms with Gasteiger partial charge in [-0.2, -0.15) is 5.26 Å². The predicted octanol–water partition coefficient (Wildman–Crippen LogP) is 2.06.